The third kappa shape index (κ3) is 4.23. The molecule has 2 aromatic carbocycles. The minimum absolute atomic E-state index is 0.193. The highest BCUT2D eigenvalue weighted by atomic mass is 16.5. The normalized spacial score (nSPS) is 16.4. The summed E-state index contributed by atoms with van der Waals surface area (Å²) in [5.74, 6) is 1.66. The van der Waals surface area contributed by atoms with Gasteiger partial charge in [0.05, 0.1) is 12.3 Å². The third-order valence-electron chi connectivity index (χ3n) is 4.95. The summed E-state index contributed by atoms with van der Waals surface area (Å²) in [5, 5.41) is 7.09. The van der Waals surface area contributed by atoms with Crippen LogP contribution in [-0.2, 0) is 0 Å². The van der Waals surface area contributed by atoms with Gasteiger partial charge in [0.15, 0.2) is 0 Å². The fourth-order valence-corrected chi connectivity index (χ4v) is 3.54. The maximum Gasteiger partial charge on any atom is 0.322 e. The topological polar surface area (TPSA) is 80.5 Å². The molecular weight excluding hydrogens is 368 g/mol. The number of amides is 2. The molecule has 1 aliphatic rings. The number of nitrogens with zero attached hydrogens (tertiary/aromatic N) is 3. The van der Waals surface area contributed by atoms with Gasteiger partial charge >= 0.3 is 6.03 Å². The molecule has 4 rings (SSSR count). The van der Waals surface area contributed by atoms with E-state index >= 15 is 0 Å². The Bertz CT molecular complexity index is 957. The number of rotatable bonds is 5. The Morgan fingerprint density at radius 3 is 2.79 bits per heavy atom. The van der Waals surface area contributed by atoms with Crippen molar-refractivity contribution in [2.45, 2.75) is 32.2 Å². The van der Waals surface area contributed by atoms with Crippen LogP contribution in [0.5, 0.6) is 5.75 Å². The molecule has 2 amide bonds. The Morgan fingerprint density at radius 1 is 1.17 bits per heavy atom. The van der Waals surface area contributed by atoms with Crippen molar-refractivity contribution in [2.75, 3.05) is 18.5 Å². The lowest BCUT2D eigenvalue weighted by Crippen LogP contribution is -2.41. The summed E-state index contributed by atoms with van der Waals surface area (Å²) in [7, 11) is 0. The molecule has 3 aromatic rings. The first-order chi connectivity index (χ1) is 14.3. The van der Waals surface area contributed by atoms with E-state index in [0.717, 1.165) is 24.8 Å². The lowest BCUT2D eigenvalue weighted by Gasteiger charge is -2.33. The minimum Gasteiger partial charge on any atom is -0.492 e. The summed E-state index contributed by atoms with van der Waals surface area (Å²) in [4.78, 5) is 19.4. The van der Waals surface area contributed by atoms with Crippen LogP contribution in [0.4, 0.5) is 10.5 Å². The molecule has 29 heavy (non-hydrogen) atoms. The number of ether oxygens (including phenoxy) is 1. The fraction of sp³-hybridized carbons (Fsp3) is 0.318. The number of piperidine rings is 1. The number of nitrogens with one attached hydrogen (secondary N) is 1. The van der Waals surface area contributed by atoms with Crippen LogP contribution in [0.15, 0.2) is 59.1 Å². The van der Waals surface area contributed by atoms with E-state index in [-0.39, 0.29) is 12.1 Å². The van der Waals surface area contributed by atoms with E-state index in [1.165, 1.54) is 0 Å². The van der Waals surface area contributed by atoms with Gasteiger partial charge in [-0.3, -0.25) is 0 Å². The number of benzene rings is 2. The van der Waals surface area contributed by atoms with Gasteiger partial charge in [-0.1, -0.05) is 47.6 Å². The molecule has 1 atom stereocenters. The van der Waals surface area contributed by atoms with E-state index in [2.05, 4.69) is 15.5 Å². The van der Waals surface area contributed by atoms with Crippen LogP contribution in [0.3, 0.4) is 0 Å². The van der Waals surface area contributed by atoms with Crippen LogP contribution in [0.25, 0.3) is 11.4 Å². The van der Waals surface area contributed by atoms with Gasteiger partial charge in [0, 0.05) is 12.1 Å². The van der Waals surface area contributed by atoms with E-state index in [1.54, 1.807) is 4.90 Å². The lowest BCUT2D eigenvalue weighted by molar-refractivity contribution is 0.142. The second-order valence-corrected chi connectivity index (χ2v) is 6.89. The van der Waals surface area contributed by atoms with Crippen LogP contribution < -0.4 is 10.1 Å². The van der Waals surface area contributed by atoms with Gasteiger partial charge in [0.1, 0.15) is 11.8 Å². The summed E-state index contributed by atoms with van der Waals surface area (Å²) < 4.78 is 11.2. The second-order valence-electron chi connectivity index (χ2n) is 6.89. The zero-order valence-electron chi connectivity index (χ0n) is 16.4. The van der Waals surface area contributed by atoms with Gasteiger partial charge in [-0.15, -0.1) is 0 Å². The maximum atomic E-state index is 13.1. The highest BCUT2D eigenvalue weighted by molar-refractivity contribution is 5.91. The molecule has 1 fully saturated rings. The highest BCUT2D eigenvalue weighted by Crippen LogP contribution is 2.32. The molecule has 0 saturated carbocycles. The fourth-order valence-electron chi connectivity index (χ4n) is 3.54. The van der Waals surface area contributed by atoms with Gasteiger partial charge in [-0.2, -0.15) is 4.98 Å². The summed E-state index contributed by atoms with van der Waals surface area (Å²) in [6.07, 6.45) is 2.74. The molecule has 0 bridgehead atoms. The van der Waals surface area contributed by atoms with E-state index < -0.39 is 0 Å². The summed E-state index contributed by atoms with van der Waals surface area (Å²) >= 11 is 0. The molecule has 0 aliphatic carbocycles. The van der Waals surface area contributed by atoms with Crippen molar-refractivity contribution >= 4 is 11.7 Å². The zero-order valence-corrected chi connectivity index (χ0v) is 16.4. The van der Waals surface area contributed by atoms with Crippen molar-refractivity contribution in [3.8, 4) is 17.1 Å². The second kappa shape index (κ2) is 8.77. The van der Waals surface area contributed by atoms with E-state index in [9.17, 15) is 4.79 Å². The first kappa shape index (κ1) is 19.0. The van der Waals surface area contributed by atoms with Crippen molar-refractivity contribution in [3.63, 3.8) is 0 Å². The quantitative estimate of drug-likeness (QED) is 0.668. The monoisotopic (exact) mass is 392 g/mol. The third-order valence-corrected chi connectivity index (χ3v) is 4.95. The molecule has 0 radical (unpaired) electrons. The standard InChI is InChI=1S/C22H24N4O3/c1-2-28-19-14-7-6-12-17(19)23-22(27)26-15-9-8-13-18(26)21-24-20(25-29-21)16-10-4-3-5-11-16/h3-7,10-12,14,18H,2,8-9,13,15H2,1H3,(H,23,27)/t18-/m0/s1. The van der Waals surface area contributed by atoms with Crippen LogP contribution in [0.1, 0.15) is 38.1 Å². The molecule has 2 heterocycles. The van der Waals surface area contributed by atoms with Crippen molar-refractivity contribution in [2.24, 2.45) is 0 Å². The molecule has 150 valence electrons. The number of aromatic nitrogens is 2. The van der Waals surface area contributed by atoms with Crippen molar-refractivity contribution in [3.05, 3.63) is 60.5 Å². The average molecular weight is 392 g/mol. The number of para-hydroxylation sites is 2. The summed E-state index contributed by atoms with van der Waals surface area (Å²) in [5.41, 5.74) is 1.54. The predicted octanol–water partition coefficient (Wildman–Crippen LogP) is 4.89. The Labute approximate surface area is 169 Å². The molecule has 1 N–H and O–H groups in total. The molecule has 7 heteroatoms. The van der Waals surface area contributed by atoms with E-state index in [4.69, 9.17) is 9.26 Å². The van der Waals surface area contributed by atoms with E-state index in [1.807, 2.05) is 61.5 Å². The number of likely N-dealkylation sites (tertiary alicyclic amines) is 1. The van der Waals surface area contributed by atoms with Crippen LogP contribution in [0.2, 0.25) is 0 Å². The zero-order chi connectivity index (χ0) is 20.1. The summed E-state index contributed by atoms with van der Waals surface area (Å²) in [6.45, 7) is 3.08. The number of hydrogen-bond donors (Lipinski definition) is 1. The molecule has 7 nitrogen and oxygen atoms in total. The Balaban J connectivity index is 1.54. The maximum absolute atomic E-state index is 13.1. The predicted molar refractivity (Wildman–Crippen MR) is 110 cm³/mol. The van der Waals surface area contributed by atoms with Crippen molar-refractivity contribution in [1.82, 2.24) is 15.0 Å². The first-order valence-corrected chi connectivity index (χ1v) is 9.94. The summed E-state index contributed by atoms with van der Waals surface area (Å²) in [6, 6.07) is 16.7. The average Bonchev–Trinajstić information content (AvgIpc) is 3.26. The lowest BCUT2D eigenvalue weighted by atomic mass is 10.0. The number of carbonyl (C=O) groups is 1. The number of carbonyl (C=O) groups excluding carboxylic acids is 1. The molecule has 0 spiro atoms. The molecule has 1 aromatic heterocycles. The van der Waals surface area contributed by atoms with Crippen molar-refractivity contribution in [1.29, 1.82) is 0 Å². The van der Waals surface area contributed by atoms with Gasteiger partial charge in [-0.05, 0) is 38.3 Å². The Hall–Kier alpha value is -3.35. The molecular formula is C22H24N4O3. The number of urea groups is 1. The van der Waals surface area contributed by atoms with Gasteiger partial charge < -0.3 is 19.5 Å². The Morgan fingerprint density at radius 2 is 1.97 bits per heavy atom. The molecule has 1 saturated heterocycles. The van der Waals surface area contributed by atoms with Crippen LogP contribution >= 0.6 is 0 Å². The van der Waals surface area contributed by atoms with E-state index in [0.29, 0.717) is 36.3 Å². The van der Waals surface area contributed by atoms with Gasteiger partial charge in [0.25, 0.3) is 0 Å². The van der Waals surface area contributed by atoms with Crippen LogP contribution in [0, 0.1) is 0 Å². The number of hydrogen-bond acceptors (Lipinski definition) is 5. The highest BCUT2D eigenvalue weighted by Gasteiger charge is 2.32. The van der Waals surface area contributed by atoms with Gasteiger partial charge in [-0.25, -0.2) is 4.79 Å². The van der Waals surface area contributed by atoms with Gasteiger partial charge in [0.2, 0.25) is 11.7 Å². The largest absolute Gasteiger partial charge is 0.492 e. The Kier molecular flexibility index (Phi) is 5.74. The minimum atomic E-state index is -0.243. The first-order valence-electron chi connectivity index (χ1n) is 9.94. The van der Waals surface area contributed by atoms with Crippen molar-refractivity contribution < 1.29 is 14.1 Å². The smallest absolute Gasteiger partial charge is 0.322 e. The number of anilines is 1. The molecule has 0 unspecified atom stereocenters. The molecule has 1 aliphatic heterocycles. The van der Waals surface area contributed by atoms with Crippen LogP contribution in [-0.4, -0.2) is 34.2 Å². The SMILES string of the molecule is CCOc1ccccc1NC(=O)N1CCCC[C@H]1c1nc(-c2ccccc2)no1.